The minimum absolute atomic E-state index is 0.687. The van der Waals surface area contributed by atoms with Gasteiger partial charge in [0.15, 0.2) is 0 Å². The maximum atomic E-state index is 5.60. The van der Waals surface area contributed by atoms with Crippen LogP contribution in [0.3, 0.4) is 0 Å². The summed E-state index contributed by atoms with van der Waals surface area (Å²) in [5.74, 6) is 0.926. The van der Waals surface area contributed by atoms with Gasteiger partial charge in [0.2, 0.25) is 0 Å². The normalized spacial score (nSPS) is 10.2. The van der Waals surface area contributed by atoms with Gasteiger partial charge >= 0.3 is 0 Å². The number of rotatable bonds is 4. The maximum absolute atomic E-state index is 5.60. The molecule has 2 aromatic heterocycles. The zero-order valence-electron chi connectivity index (χ0n) is 9.87. The number of anilines is 2. The van der Waals surface area contributed by atoms with Crippen molar-refractivity contribution in [1.29, 1.82) is 0 Å². The van der Waals surface area contributed by atoms with E-state index < -0.39 is 0 Å². The van der Waals surface area contributed by atoms with Crippen LogP contribution in [0.5, 0.6) is 0 Å². The molecular weight excluding hydrogens is 212 g/mol. The van der Waals surface area contributed by atoms with Gasteiger partial charge in [0.05, 0.1) is 11.9 Å². The average Bonchev–Trinajstić information content (AvgIpc) is 2.38. The van der Waals surface area contributed by atoms with Crippen LogP contribution in [-0.2, 0) is 6.42 Å². The highest BCUT2D eigenvalue weighted by molar-refractivity contribution is 5.45. The molecule has 2 rings (SSSR count). The van der Waals surface area contributed by atoms with Gasteiger partial charge < -0.3 is 10.6 Å². The van der Waals surface area contributed by atoms with E-state index in [0.29, 0.717) is 5.69 Å². The Kier molecular flexibility index (Phi) is 3.55. The summed E-state index contributed by atoms with van der Waals surface area (Å²) in [4.78, 5) is 10.7. The van der Waals surface area contributed by atoms with Crippen molar-refractivity contribution in [3.05, 3.63) is 48.4 Å². The Labute approximate surface area is 101 Å². The number of nitrogens with zero attached hydrogens (tertiary/aromatic N) is 3. The van der Waals surface area contributed by atoms with Crippen LogP contribution < -0.4 is 10.6 Å². The lowest BCUT2D eigenvalue weighted by Crippen LogP contribution is -2.21. The molecule has 0 atom stereocenters. The Hall–Kier alpha value is -2.10. The number of aromatic nitrogens is 2. The lowest BCUT2D eigenvalue weighted by molar-refractivity contribution is 0.839. The van der Waals surface area contributed by atoms with Gasteiger partial charge in [0.25, 0.3) is 0 Å². The number of nitrogens with two attached hydrogens (primary N) is 1. The second-order valence-corrected chi connectivity index (χ2v) is 3.94. The topological polar surface area (TPSA) is 55.0 Å². The number of hydrogen-bond donors (Lipinski definition) is 1. The molecule has 0 saturated heterocycles. The van der Waals surface area contributed by atoms with Gasteiger partial charge in [-0.3, -0.25) is 4.98 Å². The molecule has 17 heavy (non-hydrogen) atoms. The van der Waals surface area contributed by atoms with Crippen molar-refractivity contribution in [1.82, 2.24) is 9.97 Å². The van der Waals surface area contributed by atoms with E-state index in [9.17, 15) is 0 Å². The monoisotopic (exact) mass is 228 g/mol. The van der Waals surface area contributed by atoms with E-state index in [1.807, 2.05) is 43.6 Å². The quantitative estimate of drug-likeness (QED) is 0.866. The summed E-state index contributed by atoms with van der Waals surface area (Å²) in [6, 6.07) is 9.75. The van der Waals surface area contributed by atoms with Crippen LogP contribution in [0.2, 0.25) is 0 Å². The van der Waals surface area contributed by atoms with Crippen molar-refractivity contribution in [2.45, 2.75) is 6.42 Å². The molecule has 4 heteroatoms. The smallest absolute Gasteiger partial charge is 0.128 e. The number of hydrogen-bond acceptors (Lipinski definition) is 4. The van der Waals surface area contributed by atoms with Crippen LogP contribution in [0.15, 0.2) is 42.7 Å². The lowest BCUT2D eigenvalue weighted by Gasteiger charge is -2.17. The first-order valence-electron chi connectivity index (χ1n) is 5.58. The van der Waals surface area contributed by atoms with E-state index in [1.54, 1.807) is 6.20 Å². The molecule has 88 valence electrons. The number of nitrogen functional groups attached to an aromatic ring is 1. The van der Waals surface area contributed by atoms with Gasteiger partial charge in [-0.05, 0) is 24.3 Å². The molecule has 0 aliphatic rings. The first kappa shape index (κ1) is 11.4. The third-order valence-electron chi connectivity index (χ3n) is 2.59. The van der Waals surface area contributed by atoms with Crippen LogP contribution in [-0.4, -0.2) is 23.6 Å². The van der Waals surface area contributed by atoms with E-state index in [2.05, 4.69) is 14.9 Å². The Morgan fingerprint density at radius 1 is 1.18 bits per heavy atom. The first-order valence-corrected chi connectivity index (χ1v) is 5.58. The highest BCUT2D eigenvalue weighted by atomic mass is 15.2. The summed E-state index contributed by atoms with van der Waals surface area (Å²) in [5.41, 5.74) is 7.38. The molecule has 0 aromatic carbocycles. The largest absolute Gasteiger partial charge is 0.397 e. The van der Waals surface area contributed by atoms with Gasteiger partial charge in [-0.2, -0.15) is 0 Å². The predicted octanol–water partition coefficient (Wildman–Crippen LogP) is 1.74. The van der Waals surface area contributed by atoms with Gasteiger partial charge in [-0.1, -0.05) is 6.07 Å². The molecule has 0 radical (unpaired) electrons. The molecule has 0 unspecified atom stereocenters. The van der Waals surface area contributed by atoms with Crippen LogP contribution in [0.25, 0.3) is 0 Å². The lowest BCUT2D eigenvalue weighted by atomic mass is 10.2. The predicted molar refractivity (Wildman–Crippen MR) is 69.9 cm³/mol. The molecule has 2 N–H and O–H groups in total. The standard InChI is InChI=1S/C13H16N4/c1-17(13-6-5-11(14)10-16-13)9-7-12-4-2-3-8-15-12/h2-6,8,10H,7,9,14H2,1H3. The summed E-state index contributed by atoms with van der Waals surface area (Å²) >= 11 is 0. The highest BCUT2D eigenvalue weighted by Gasteiger charge is 2.02. The fourth-order valence-electron chi connectivity index (χ4n) is 1.57. The molecule has 0 fully saturated rings. The molecule has 0 aliphatic carbocycles. The second kappa shape index (κ2) is 5.30. The Morgan fingerprint density at radius 3 is 2.71 bits per heavy atom. The minimum atomic E-state index is 0.687. The van der Waals surface area contributed by atoms with E-state index in [-0.39, 0.29) is 0 Å². The summed E-state index contributed by atoms with van der Waals surface area (Å²) < 4.78 is 0. The van der Waals surface area contributed by atoms with Crippen LogP contribution in [0.4, 0.5) is 11.5 Å². The zero-order valence-corrected chi connectivity index (χ0v) is 9.87. The van der Waals surface area contributed by atoms with Crippen LogP contribution in [0.1, 0.15) is 5.69 Å². The summed E-state index contributed by atoms with van der Waals surface area (Å²) in [7, 11) is 2.02. The van der Waals surface area contributed by atoms with Gasteiger partial charge in [-0.25, -0.2) is 4.98 Å². The Bertz CT molecular complexity index is 453. The second-order valence-electron chi connectivity index (χ2n) is 3.94. The van der Waals surface area contributed by atoms with Gasteiger partial charge in [-0.15, -0.1) is 0 Å². The third kappa shape index (κ3) is 3.17. The van der Waals surface area contributed by atoms with Crippen molar-refractivity contribution < 1.29 is 0 Å². The Balaban J connectivity index is 1.93. The molecule has 0 saturated carbocycles. The third-order valence-corrected chi connectivity index (χ3v) is 2.59. The van der Waals surface area contributed by atoms with Crippen LogP contribution in [0, 0.1) is 0 Å². The average molecular weight is 228 g/mol. The van der Waals surface area contributed by atoms with E-state index in [4.69, 9.17) is 5.73 Å². The summed E-state index contributed by atoms with van der Waals surface area (Å²) in [6.07, 6.45) is 4.40. The molecule has 2 heterocycles. The molecule has 2 aromatic rings. The van der Waals surface area contributed by atoms with Gasteiger partial charge in [0.1, 0.15) is 5.82 Å². The van der Waals surface area contributed by atoms with Gasteiger partial charge in [0, 0.05) is 31.9 Å². The summed E-state index contributed by atoms with van der Waals surface area (Å²) in [5, 5.41) is 0. The van der Waals surface area contributed by atoms with Crippen molar-refractivity contribution in [3.63, 3.8) is 0 Å². The number of pyridine rings is 2. The molecule has 0 bridgehead atoms. The molecule has 0 aliphatic heterocycles. The Morgan fingerprint density at radius 2 is 2.06 bits per heavy atom. The van der Waals surface area contributed by atoms with Crippen molar-refractivity contribution in [2.75, 3.05) is 24.2 Å². The van der Waals surface area contributed by atoms with Crippen LogP contribution >= 0.6 is 0 Å². The highest BCUT2D eigenvalue weighted by Crippen LogP contribution is 2.10. The molecule has 0 spiro atoms. The molecular formula is C13H16N4. The summed E-state index contributed by atoms with van der Waals surface area (Å²) in [6.45, 7) is 0.883. The molecule has 4 nitrogen and oxygen atoms in total. The van der Waals surface area contributed by atoms with E-state index >= 15 is 0 Å². The molecule has 0 amide bonds. The maximum Gasteiger partial charge on any atom is 0.128 e. The van der Waals surface area contributed by atoms with Crippen molar-refractivity contribution in [3.8, 4) is 0 Å². The fourth-order valence-corrected chi connectivity index (χ4v) is 1.57. The fraction of sp³-hybridized carbons (Fsp3) is 0.231. The van der Waals surface area contributed by atoms with Crippen molar-refractivity contribution in [2.24, 2.45) is 0 Å². The van der Waals surface area contributed by atoms with E-state index in [0.717, 1.165) is 24.5 Å². The minimum Gasteiger partial charge on any atom is -0.397 e. The zero-order chi connectivity index (χ0) is 12.1. The van der Waals surface area contributed by atoms with E-state index in [1.165, 1.54) is 0 Å². The SMILES string of the molecule is CN(CCc1ccccn1)c1ccc(N)cn1. The van der Waals surface area contributed by atoms with Crippen molar-refractivity contribution >= 4 is 11.5 Å². The first-order chi connectivity index (χ1) is 8.25. The number of likely N-dealkylation sites (N-methyl/N-ethyl adjacent to an activating group) is 1.